The minimum absolute atomic E-state index is 0.122. The fourth-order valence-corrected chi connectivity index (χ4v) is 4.36. The van der Waals surface area contributed by atoms with Crippen LogP contribution in [-0.4, -0.2) is 23.1 Å². The van der Waals surface area contributed by atoms with E-state index in [9.17, 15) is 45.6 Å². The van der Waals surface area contributed by atoms with Crippen molar-refractivity contribution in [1.82, 2.24) is 0 Å². The van der Waals surface area contributed by atoms with E-state index in [0.717, 1.165) is 12.1 Å². The molecule has 0 fully saturated rings. The maximum absolute atomic E-state index is 14.3. The number of rotatable bonds is 5. The van der Waals surface area contributed by atoms with E-state index in [1.165, 1.54) is 6.07 Å². The molecule has 0 amide bonds. The fourth-order valence-electron chi connectivity index (χ4n) is 2.59. The standard InChI is InChI=1S/C17H7Br2ClF7NO3/c18-10-4-7(15(21,16(22,23)24)17(25,26)27)5-11(19)9(10)6-13(29)8-2-1-3-12(14(8)20)28(30)31/h1-5H,6H2. The summed E-state index contributed by atoms with van der Waals surface area (Å²) in [7, 11) is 0. The van der Waals surface area contributed by atoms with E-state index >= 15 is 0 Å². The second kappa shape index (κ2) is 8.66. The highest BCUT2D eigenvalue weighted by Gasteiger charge is 2.73. The van der Waals surface area contributed by atoms with Crippen molar-refractivity contribution in [3.8, 4) is 0 Å². The van der Waals surface area contributed by atoms with Gasteiger partial charge >= 0.3 is 18.0 Å². The Morgan fingerprint density at radius 1 is 1.00 bits per heavy atom. The van der Waals surface area contributed by atoms with Gasteiger partial charge in [0.15, 0.2) is 5.78 Å². The van der Waals surface area contributed by atoms with Gasteiger partial charge in [0, 0.05) is 32.6 Å². The van der Waals surface area contributed by atoms with E-state index in [4.69, 9.17) is 11.6 Å². The summed E-state index contributed by atoms with van der Waals surface area (Å²) in [5.41, 5.74) is -8.39. The molecule has 31 heavy (non-hydrogen) atoms. The number of benzene rings is 2. The van der Waals surface area contributed by atoms with Gasteiger partial charge in [-0.05, 0) is 23.8 Å². The summed E-state index contributed by atoms with van der Waals surface area (Å²) in [4.78, 5) is 22.6. The van der Waals surface area contributed by atoms with Gasteiger partial charge in [0.25, 0.3) is 5.69 Å². The van der Waals surface area contributed by atoms with Crippen LogP contribution in [0.15, 0.2) is 39.3 Å². The Bertz CT molecular complexity index is 1020. The third-order valence-electron chi connectivity index (χ3n) is 4.13. The molecule has 0 aliphatic rings. The molecular formula is C17H7Br2ClF7NO3. The van der Waals surface area contributed by atoms with Crippen LogP contribution in [0.4, 0.5) is 36.4 Å². The van der Waals surface area contributed by atoms with Crippen molar-refractivity contribution in [2.45, 2.75) is 24.4 Å². The fraction of sp³-hybridized carbons (Fsp3) is 0.235. The van der Waals surface area contributed by atoms with Crippen molar-refractivity contribution in [2.75, 3.05) is 0 Å². The molecule has 0 saturated heterocycles. The molecule has 14 heteroatoms. The zero-order valence-electron chi connectivity index (χ0n) is 14.5. The summed E-state index contributed by atoms with van der Waals surface area (Å²) < 4.78 is 91.3. The second-order valence-corrected chi connectivity index (χ2v) is 8.15. The van der Waals surface area contributed by atoms with Crippen LogP contribution in [0.1, 0.15) is 21.5 Å². The van der Waals surface area contributed by atoms with E-state index in [1.54, 1.807) is 0 Å². The largest absolute Gasteiger partial charge is 0.435 e. The van der Waals surface area contributed by atoms with Gasteiger partial charge in [-0.2, -0.15) is 26.3 Å². The van der Waals surface area contributed by atoms with E-state index in [1.807, 2.05) is 0 Å². The average molecular weight is 601 g/mol. The van der Waals surface area contributed by atoms with Crippen molar-refractivity contribution in [2.24, 2.45) is 0 Å². The van der Waals surface area contributed by atoms with Gasteiger partial charge in [0.05, 0.1) is 4.92 Å². The molecular weight excluding hydrogens is 594 g/mol. The van der Waals surface area contributed by atoms with Crippen LogP contribution in [0.5, 0.6) is 0 Å². The van der Waals surface area contributed by atoms with Crippen LogP contribution in [0.2, 0.25) is 5.02 Å². The monoisotopic (exact) mass is 599 g/mol. The smallest absolute Gasteiger partial charge is 0.294 e. The van der Waals surface area contributed by atoms with Gasteiger partial charge in [-0.15, -0.1) is 0 Å². The van der Waals surface area contributed by atoms with Crippen LogP contribution < -0.4 is 0 Å². The molecule has 4 nitrogen and oxygen atoms in total. The summed E-state index contributed by atoms with van der Waals surface area (Å²) >= 11 is 11.4. The van der Waals surface area contributed by atoms with E-state index < -0.39 is 60.4 Å². The summed E-state index contributed by atoms with van der Waals surface area (Å²) in [6, 6.07) is 3.91. The normalized spacial score (nSPS) is 12.7. The summed E-state index contributed by atoms with van der Waals surface area (Å²) in [6.45, 7) is 0. The van der Waals surface area contributed by atoms with Crippen LogP contribution in [0.25, 0.3) is 0 Å². The number of carbonyl (C=O) groups is 1. The lowest BCUT2D eigenvalue weighted by atomic mass is 9.92. The van der Waals surface area contributed by atoms with E-state index in [0.29, 0.717) is 0 Å². The molecule has 0 heterocycles. The van der Waals surface area contributed by atoms with E-state index in [2.05, 4.69) is 31.9 Å². The first-order valence-corrected chi connectivity index (χ1v) is 9.75. The van der Waals surface area contributed by atoms with Gasteiger partial charge in [-0.1, -0.05) is 49.5 Å². The quantitative estimate of drug-likeness (QED) is 0.155. The van der Waals surface area contributed by atoms with E-state index in [-0.39, 0.29) is 23.3 Å². The number of ketones is 1. The number of alkyl halides is 7. The molecule has 168 valence electrons. The molecule has 0 radical (unpaired) electrons. The van der Waals surface area contributed by atoms with Crippen LogP contribution in [0, 0.1) is 10.1 Å². The lowest BCUT2D eigenvalue weighted by molar-refractivity contribution is -0.384. The molecule has 0 unspecified atom stereocenters. The minimum atomic E-state index is -6.31. The number of carbonyl (C=O) groups excluding carboxylic acids is 1. The molecule has 0 N–H and O–H groups in total. The van der Waals surface area contributed by atoms with Crippen LogP contribution in [0.3, 0.4) is 0 Å². The lowest BCUT2D eigenvalue weighted by Gasteiger charge is -2.31. The number of hydrogen-bond donors (Lipinski definition) is 0. The number of hydrogen-bond acceptors (Lipinski definition) is 3. The summed E-state index contributed by atoms with van der Waals surface area (Å²) in [5.74, 6) is -0.819. The zero-order valence-corrected chi connectivity index (χ0v) is 18.5. The number of nitro groups is 1. The third-order valence-corrected chi connectivity index (χ3v) is 5.95. The van der Waals surface area contributed by atoms with Crippen LogP contribution in [-0.2, 0) is 12.1 Å². The number of nitro benzene ring substituents is 1. The van der Waals surface area contributed by atoms with Crippen LogP contribution >= 0.6 is 43.5 Å². The molecule has 2 aromatic carbocycles. The Morgan fingerprint density at radius 3 is 1.90 bits per heavy atom. The second-order valence-electron chi connectivity index (χ2n) is 6.07. The summed E-state index contributed by atoms with van der Waals surface area (Å²) in [5, 5.41) is 10.4. The van der Waals surface area contributed by atoms with Crippen molar-refractivity contribution in [3.63, 3.8) is 0 Å². The Hall–Kier alpha value is -1.73. The molecule has 0 aliphatic heterocycles. The topological polar surface area (TPSA) is 60.2 Å². The zero-order chi connectivity index (χ0) is 23.9. The molecule has 2 aromatic rings. The summed E-state index contributed by atoms with van der Waals surface area (Å²) in [6.07, 6.45) is -13.2. The molecule has 2 rings (SSSR count). The SMILES string of the molecule is O=C(Cc1c(Br)cc(C(F)(C(F)(F)F)C(F)(F)F)cc1Br)c1cccc([N+](=O)[O-])c1Cl. The first-order chi connectivity index (χ1) is 14.0. The maximum Gasteiger partial charge on any atom is 0.435 e. The average Bonchev–Trinajstić information content (AvgIpc) is 2.61. The van der Waals surface area contributed by atoms with Crippen molar-refractivity contribution >= 4 is 54.9 Å². The Labute approximate surface area is 190 Å². The minimum Gasteiger partial charge on any atom is -0.294 e. The highest BCUT2D eigenvalue weighted by molar-refractivity contribution is 9.11. The molecule has 0 bridgehead atoms. The highest BCUT2D eigenvalue weighted by atomic mass is 79.9. The maximum atomic E-state index is 14.3. The highest BCUT2D eigenvalue weighted by Crippen LogP contribution is 2.54. The van der Waals surface area contributed by atoms with Gasteiger partial charge in [-0.3, -0.25) is 14.9 Å². The van der Waals surface area contributed by atoms with Gasteiger partial charge in [0.1, 0.15) is 5.02 Å². The third kappa shape index (κ3) is 4.72. The predicted molar refractivity (Wildman–Crippen MR) is 103 cm³/mol. The van der Waals surface area contributed by atoms with Crippen molar-refractivity contribution in [3.05, 3.63) is 71.1 Å². The number of Topliss-reactive ketones (excluding diaryl/α,β-unsaturated/α-hetero) is 1. The molecule has 0 atom stereocenters. The Kier molecular flexibility index (Phi) is 7.13. The Morgan fingerprint density at radius 2 is 1.48 bits per heavy atom. The number of nitrogens with zero attached hydrogens (tertiary/aromatic N) is 1. The lowest BCUT2D eigenvalue weighted by Crippen LogP contribution is -2.50. The molecule has 0 aromatic heterocycles. The van der Waals surface area contributed by atoms with Gasteiger partial charge in [-0.25, -0.2) is 4.39 Å². The molecule has 0 spiro atoms. The number of halogens is 10. The van der Waals surface area contributed by atoms with Gasteiger partial charge in [0.2, 0.25) is 0 Å². The van der Waals surface area contributed by atoms with Gasteiger partial charge < -0.3 is 0 Å². The van der Waals surface area contributed by atoms with Crippen molar-refractivity contribution in [1.29, 1.82) is 0 Å². The Balaban J connectivity index is 2.52. The first-order valence-electron chi connectivity index (χ1n) is 7.79. The molecule has 0 aliphatic carbocycles. The molecule has 0 saturated carbocycles. The van der Waals surface area contributed by atoms with Crippen molar-refractivity contribution < 1.29 is 40.5 Å². The predicted octanol–water partition coefficient (Wildman–Crippen LogP) is 7.49. The first kappa shape index (κ1) is 25.5.